The minimum absolute atomic E-state index is 0.126. The Kier molecular flexibility index (Phi) is 3.99. The summed E-state index contributed by atoms with van der Waals surface area (Å²) in [5.41, 5.74) is 8.62. The Labute approximate surface area is 145 Å². The van der Waals surface area contributed by atoms with Crippen LogP contribution in [0.3, 0.4) is 0 Å². The number of fused-ring (bicyclic) bond motifs is 2. The average Bonchev–Trinajstić information content (AvgIpc) is 2.56. The maximum Gasteiger partial charge on any atom is -0.00134 e. The summed E-state index contributed by atoms with van der Waals surface area (Å²) < 4.78 is 9.58. The Morgan fingerprint density at radius 2 is 1.19 bits per heavy atom. The second kappa shape index (κ2) is 6.08. The van der Waals surface area contributed by atoms with Crippen molar-refractivity contribution in [1.29, 1.82) is 0 Å². The summed E-state index contributed by atoms with van der Waals surface area (Å²) in [7, 11) is 0. The Morgan fingerprint density at radius 1 is 0.667 bits per heavy atom. The lowest BCUT2D eigenvalue weighted by molar-refractivity contribution is 1.17. The first-order chi connectivity index (χ1) is 10.4. The SMILES string of the molecule is C1=Cc2c(cccc2Cc2cccc3c2C=CI=C3)C=I1. The third-order valence-electron chi connectivity index (χ3n) is 3.81. The zero-order valence-corrected chi connectivity index (χ0v) is 15.7. The highest BCUT2D eigenvalue weighted by atomic mass is 127. The molecule has 4 rings (SSSR count). The van der Waals surface area contributed by atoms with Crippen LogP contribution in [-0.2, 0) is 6.42 Å². The molecule has 0 saturated heterocycles. The summed E-state index contributed by atoms with van der Waals surface area (Å²) in [5, 5.41) is 0. The van der Waals surface area contributed by atoms with Gasteiger partial charge in [-0.25, -0.2) is 0 Å². The summed E-state index contributed by atoms with van der Waals surface area (Å²) in [6.45, 7) is 0. The van der Waals surface area contributed by atoms with Crippen LogP contribution in [0.1, 0.15) is 33.4 Å². The number of hydrogen-bond acceptors (Lipinski definition) is 0. The van der Waals surface area contributed by atoms with Crippen molar-refractivity contribution in [2.24, 2.45) is 0 Å². The molecule has 0 N–H and O–H groups in total. The number of hydrogen-bond donors (Lipinski definition) is 0. The molecule has 0 nitrogen and oxygen atoms in total. The van der Waals surface area contributed by atoms with E-state index in [1.165, 1.54) is 33.4 Å². The molecule has 0 radical (unpaired) electrons. The highest BCUT2D eigenvalue weighted by Crippen LogP contribution is 2.28. The first kappa shape index (κ1) is 13.8. The highest BCUT2D eigenvalue weighted by Gasteiger charge is 2.11. The van der Waals surface area contributed by atoms with Crippen LogP contribution < -0.4 is 0 Å². The second-order valence-electron chi connectivity index (χ2n) is 5.07. The molecule has 0 spiro atoms. The fraction of sp³-hybridized carbons (Fsp3) is 0.0526. The monoisotopic (exact) mass is 496 g/mol. The van der Waals surface area contributed by atoms with Crippen molar-refractivity contribution in [3.05, 3.63) is 77.9 Å². The van der Waals surface area contributed by atoms with E-state index in [0.717, 1.165) is 6.42 Å². The second-order valence-corrected chi connectivity index (χ2v) is 9.19. The zero-order valence-electron chi connectivity index (χ0n) is 11.4. The first-order valence-electron chi connectivity index (χ1n) is 6.89. The summed E-state index contributed by atoms with van der Waals surface area (Å²) in [6.07, 6.45) is 5.70. The van der Waals surface area contributed by atoms with E-state index in [2.05, 4.69) is 64.7 Å². The van der Waals surface area contributed by atoms with Gasteiger partial charge in [0.1, 0.15) is 0 Å². The third-order valence-corrected chi connectivity index (χ3v) is 7.42. The van der Waals surface area contributed by atoms with Crippen LogP contribution >= 0.6 is 41.5 Å². The summed E-state index contributed by atoms with van der Waals surface area (Å²) in [5.74, 6) is 0. The lowest BCUT2D eigenvalue weighted by atomic mass is 9.92. The van der Waals surface area contributed by atoms with Crippen LogP contribution in [0.15, 0.2) is 44.6 Å². The fourth-order valence-corrected chi connectivity index (χ4v) is 6.19. The van der Waals surface area contributed by atoms with Gasteiger partial charge in [-0.1, -0.05) is 77.9 Å². The maximum atomic E-state index is 2.43. The molecule has 0 bridgehead atoms. The first-order valence-corrected chi connectivity index (χ1v) is 11.9. The van der Waals surface area contributed by atoms with Crippen molar-refractivity contribution in [1.82, 2.24) is 0 Å². The van der Waals surface area contributed by atoms with E-state index in [1.54, 1.807) is 0 Å². The minimum atomic E-state index is 0.126. The third kappa shape index (κ3) is 2.75. The van der Waals surface area contributed by atoms with Gasteiger partial charge in [0.25, 0.3) is 0 Å². The largest absolute Gasteiger partial charge is 0.0931 e. The fourth-order valence-electron chi connectivity index (χ4n) is 2.78. The van der Waals surface area contributed by atoms with Gasteiger partial charge in [-0.05, 0) is 68.1 Å². The number of benzene rings is 2. The molecule has 2 aromatic carbocycles. The number of rotatable bonds is 2. The van der Waals surface area contributed by atoms with Crippen molar-refractivity contribution in [3.63, 3.8) is 0 Å². The molecule has 2 aliphatic rings. The molecule has 0 fully saturated rings. The van der Waals surface area contributed by atoms with Crippen LogP contribution in [0.2, 0.25) is 0 Å². The van der Waals surface area contributed by atoms with E-state index >= 15 is 0 Å². The zero-order chi connectivity index (χ0) is 14.1. The molecule has 2 aromatic rings. The van der Waals surface area contributed by atoms with E-state index in [0.29, 0.717) is 0 Å². The van der Waals surface area contributed by atoms with Crippen LogP contribution in [0.5, 0.6) is 0 Å². The van der Waals surface area contributed by atoms with Crippen molar-refractivity contribution in [2.45, 2.75) is 6.42 Å². The van der Waals surface area contributed by atoms with E-state index in [1.807, 2.05) is 0 Å². The molecule has 2 heteroatoms. The van der Waals surface area contributed by atoms with Gasteiger partial charge in [0, 0.05) is 0 Å². The predicted octanol–water partition coefficient (Wildman–Crippen LogP) is 5.49. The summed E-state index contributed by atoms with van der Waals surface area (Å²) in [6, 6.07) is 13.5. The quantitative estimate of drug-likeness (QED) is 0.483. The predicted molar refractivity (Wildman–Crippen MR) is 112 cm³/mol. The standard InChI is InChI=1S/C19H14I2/c1-3-14(18-7-9-20-12-16(18)5-1)11-15-4-2-6-17-13-21-10-8-19(15)17/h1-10,12-13H,11H2. The van der Waals surface area contributed by atoms with E-state index in [-0.39, 0.29) is 41.5 Å². The lowest BCUT2D eigenvalue weighted by Crippen LogP contribution is -2.01. The Hall–Kier alpha value is -0.880. The molecule has 0 amide bonds. The van der Waals surface area contributed by atoms with Crippen molar-refractivity contribution in [2.75, 3.05) is 0 Å². The average molecular weight is 496 g/mol. The molecule has 0 saturated carbocycles. The van der Waals surface area contributed by atoms with Crippen molar-refractivity contribution >= 4 is 61.6 Å². The molecule has 2 heterocycles. The van der Waals surface area contributed by atoms with Gasteiger partial charge >= 0.3 is 0 Å². The van der Waals surface area contributed by atoms with Crippen LogP contribution in [0.4, 0.5) is 0 Å². The molecule has 0 aromatic heterocycles. The molecular weight excluding hydrogens is 482 g/mol. The van der Waals surface area contributed by atoms with Gasteiger partial charge in [-0.2, -0.15) is 0 Å². The van der Waals surface area contributed by atoms with Gasteiger partial charge in [-0.3, -0.25) is 0 Å². The molecule has 0 unspecified atom stereocenters. The van der Waals surface area contributed by atoms with Crippen LogP contribution in [-0.4, -0.2) is 8.02 Å². The maximum absolute atomic E-state index is 2.43. The molecule has 2 aliphatic heterocycles. The topological polar surface area (TPSA) is 0 Å². The van der Waals surface area contributed by atoms with Crippen LogP contribution in [0, 0.1) is 0 Å². The van der Waals surface area contributed by atoms with Gasteiger partial charge < -0.3 is 0 Å². The normalized spacial score (nSPS) is 14.9. The van der Waals surface area contributed by atoms with Crippen LogP contribution in [0.25, 0.3) is 12.2 Å². The van der Waals surface area contributed by atoms with Gasteiger partial charge in [0.05, 0.1) is 0 Å². The molecular formula is C19H14I2. The molecule has 104 valence electrons. The minimum Gasteiger partial charge on any atom is -0.0931 e. The Bertz CT molecular complexity index is 754. The summed E-state index contributed by atoms with van der Waals surface area (Å²) in [4.78, 5) is 0. The van der Waals surface area contributed by atoms with Gasteiger partial charge in [-0.15, -0.1) is 0 Å². The molecule has 21 heavy (non-hydrogen) atoms. The van der Waals surface area contributed by atoms with E-state index in [9.17, 15) is 0 Å². The molecule has 0 aliphatic carbocycles. The Morgan fingerprint density at radius 3 is 1.71 bits per heavy atom. The van der Waals surface area contributed by atoms with Gasteiger partial charge in [0.15, 0.2) is 0 Å². The summed E-state index contributed by atoms with van der Waals surface area (Å²) >= 11 is 0.252. The smallest absolute Gasteiger partial charge is 0.00134 e. The van der Waals surface area contributed by atoms with Crippen molar-refractivity contribution in [3.8, 4) is 0 Å². The number of halogens is 2. The van der Waals surface area contributed by atoms with Crippen molar-refractivity contribution < 1.29 is 0 Å². The lowest BCUT2D eigenvalue weighted by Gasteiger charge is -2.15. The molecule has 0 atom stereocenters. The van der Waals surface area contributed by atoms with E-state index < -0.39 is 0 Å². The highest BCUT2D eigenvalue weighted by molar-refractivity contribution is 14.2. The van der Waals surface area contributed by atoms with E-state index in [4.69, 9.17) is 0 Å². The Balaban J connectivity index is 1.79. The van der Waals surface area contributed by atoms with Gasteiger partial charge in [0.2, 0.25) is 0 Å².